The molecule has 3 rings (SSSR count). The van der Waals surface area contributed by atoms with Gasteiger partial charge in [-0.05, 0) is 50.5 Å². The van der Waals surface area contributed by atoms with E-state index in [4.69, 9.17) is 10.5 Å². The van der Waals surface area contributed by atoms with Crippen molar-refractivity contribution in [2.75, 3.05) is 18.0 Å². The maximum absolute atomic E-state index is 12.3. The van der Waals surface area contributed by atoms with Crippen LogP contribution >= 0.6 is 0 Å². The Hall–Kier alpha value is -2.08. The van der Waals surface area contributed by atoms with E-state index in [0.717, 1.165) is 17.7 Å². The van der Waals surface area contributed by atoms with Crippen LogP contribution in [0.1, 0.15) is 38.3 Å². The fraction of sp³-hybridized carbons (Fsp3) is 0.556. The molecule has 1 aromatic rings. The zero-order valence-corrected chi connectivity index (χ0v) is 14.5. The number of ether oxygens (including phenoxy) is 1. The van der Waals surface area contributed by atoms with E-state index in [9.17, 15) is 9.59 Å². The van der Waals surface area contributed by atoms with Crippen LogP contribution < -0.4 is 10.6 Å². The number of carbonyl (C=O) groups is 2. The molecule has 2 aliphatic heterocycles. The summed E-state index contributed by atoms with van der Waals surface area (Å²) in [6.45, 7) is 7.30. The van der Waals surface area contributed by atoms with Crippen molar-refractivity contribution in [1.29, 1.82) is 0 Å². The van der Waals surface area contributed by atoms with Gasteiger partial charge in [0.15, 0.2) is 0 Å². The third kappa shape index (κ3) is 3.53. The van der Waals surface area contributed by atoms with E-state index < -0.39 is 5.60 Å². The second kappa shape index (κ2) is 6.09. The van der Waals surface area contributed by atoms with Gasteiger partial charge >= 0.3 is 6.09 Å². The maximum Gasteiger partial charge on any atom is 0.410 e. The molecule has 2 aliphatic rings. The molecule has 2 amide bonds. The van der Waals surface area contributed by atoms with Crippen molar-refractivity contribution in [2.45, 2.75) is 51.8 Å². The summed E-state index contributed by atoms with van der Waals surface area (Å²) >= 11 is 0. The number of anilines is 1. The summed E-state index contributed by atoms with van der Waals surface area (Å²) in [5, 5.41) is 0. The van der Waals surface area contributed by atoms with E-state index in [-0.39, 0.29) is 18.0 Å². The van der Waals surface area contributed by atoms with Gasteiger partial charge in [0.2, 0.25) is 5.91 Å². The fourth-order valence-electron chi connectivity index (χ4n) is 3.18. The van der Waals surface area contributed by atoms with Gasteiger partial charge in [0.05, 0.1) is 0 Å². The van der Waals surface area contributed by atoms with Crippen molar-refractivity contribution in [3.05, 3.63) is 29.3 Å². The average Bonchev–Trinajstić information content (AvgIpc) is 2.83. The predicted molar refractivity (Wildman–Crippen MR) is 91.7 cm³/mol. The van der Waals surface area contributed by atoms with Gasteiger partial charge in [-0.25, -0.2) is 4.79 Å². The lowest BCUT2D eigenvalue weighted by atomic mass is 9.99. The Morgan fingerprint density at radius 2 is 2.04 bits per heavy atom. The van der Waals surface area contributed by atoms with Gasteiger partial charge in [0, 0.05) is 37.8 Å². The SMILES string of the molecule is CC(C)(C)OC(=O)N1CCc2ccc(N3CC(N)CC3=O)cc2C1. The molecule has 1 unspecified atom stereocenters. The summed E-state index contributed by atoms with van der Waals surface area (Å²) in [6.07, 6.45) is 0.890. The smallest absolute Gasteiger partial charge is 0.410 e. The van der Waals surface area contributed by atoms with Gasteiger partial charge in [0.25, 0.3) is 0 Å². The molecular formula is C18H25N3O3. The van der Waals surface area contributed by atoms with Crippen molar-refractivity contribution >= 4 is 17.7 Å². The van der Waals surface area contributed by atoms with Crippen LogP contribution in [-0.2, 0) is 22.5 Å². The molecule has 0 bridgehead atoms. The molecule has 2 N–H and O–H groups in total. The van der Waals surface area contributed by atoms with Gasteiger partial charge in [0.1, 0.15) is 5.60 Å². The lowest BCUT2D eigenvalue weighted by Gasteiger charge is -2.31. The molecule has 1 fully saturated rings. The molecule has 130 valence electrons. The lowest BCUT2D eigenvalue weighted by Crippen LogP contribution is -2.40. The summed E-state index contributed by atoms with van der Waals surface area (Å²) in [6, 6.07) is 5.92. The van der Waals surface area contributed by atoms with Crippen molar-refractivity contribution in [1.82, 2.24) is 4.90 Å². The third-order valence-electron chi connectivity index (χ3n) is 4.32. The van der Waals surface area contributed by atoms with Gasteiger partial charge in [-0.2, -0.15) is 0 Å². The molecular weight excluding hydrogens is 306 g/mol. The molecule has 0 aliphatic carbocycles. The number of carbonyl (C=O) groups excluding carboxylic acids is 2. The first-order valence-corrected chi connectivity index (χ1v) is 8.38. The Morgan fingerprint density at radius 1 is 1.29 bits per heavy atom. The standard InChI is InChI=1S/C18H25N3O3/c1-18(2,3)24-17(23)20-7-6-12-4-5-15(8-13(12)10-20)21-11-14(19)9-16(21)22/h4-5,8,14H,6-7,9-11,19H2,1-3H3. The molecule has 0 aromatic heterocycles. The summed E-state index contributed by atoms with van der Waals surface area (Å²) in [5.74, 6) is 0.0576. The Kier molecular flexibility index (Phi) is 4.25. The highest BCUT2D eigenvalue weighted by Crippen LogP contribution is 2.28. The molecule has 0 spiro atoms. The van der Waals surface area contributed by atoms with Crippen LogP contribution in [0, 0.1) is 0 Å². The molecule has 6 nitrogen and oxygen atoms in total. The van der Waals surface area contributed by atoms with E-state index in [0.29, 0.717) is 26.1 Å². The molecule has 1 atom stereocenters. The average molecular weight is 331 g/mol. The summed E-state index contributed by atoms with van der Waals surface area (Å²) in [4.78, 5) is 27.8. The minimum Gasteiger partial charge on any atom is -0.444 e. The van der Waals surface area contributed by atoms with Crippen molar-refractivity contribution in [2.24, 2.45) is 5.73 Å². The first-order chi connectivity index (χ1) is 11.2. The summed E-state index contributed by atoms with van der Waals surface area (Å²) in [5.41, 5.74) is 8.52. The number of rotatable bonds is 1. The van der Waals surface area contributed by atoms with Gasteiger partial charge in [-0.15, -0.1) is 0 Å². The summed E-state index contributed by atoms with van der Waals surface area (Å²) < 4.78 is 5.46. The molecule has 0 radical (unpaired) electrons. The van der Waals surface area contributed by atoms with Crippen LogP contribution in [0.2, 0.25) is 0 Å². The minimum atomic E-state index is -0.503. The van der Waals surface area contributed by atoms with Crippen LogP contribution in [0.5, 0.6) is 0 Å². The lowest BCUT2D eigenvalue weighted by molar-refractivity contribution is -0.117. The highest BCUT2D eigenvalue weighted by molar-refractivity contribution is 5.96. The van der Waals surface area contributed by atoms with Gasteiger partial charge < -0.3 is 20.3 Å². The Bertz CT molecular complexity index is 666. The number of hydrogen-bond acceptors (Lipinski definition) is 4. The van der Waals surface area contributed by atoms with E-state index >= 15 is 0 Å². The first-order valence-electron chi connectivity index (χ1n) is 8.38. The zero-order chi connectivity index (χ0) is 17.5. The largest absolute Gasteiger partial charge is 0.444 e. The number of benzene rings is 1. The molecule has 24 heavy (non-hydrogen) atoms. The Balaban J connectivity index is 1.77. The number of nitrogens with two attached hydrogens (primary N) is 1. The Labute approximate surface area is 142 Å². The van der Waals surface area contributed by atoms with E-state index in [1.165, 1.54) is 5.56 Å². The summed E-state index contributed by atoms with van der Waals surface area (Å²) in [7, 11) is 0. The maximum atomic E-state index is 12.3. The van der Waals surface area contributed by atoms with Crippen LogP contribution in [0.15, 0.2) is 18.2 Å². The second-order valence-electron chi connectivity index (χ2n) is 7.57. The van der Waals surface area contributed by atoms with Crippen LogP contribution in [-0.4, -0.2) is 41.6 Å². The van der Waals surface area contributed by atoms with Gasteiger partial charge in [-0.1, -0.05) is 6.07 Å². The quantitative estimate of drug-likeness (QED) is 0.854. The van der Waals surface area contributed by atoms with Crippen LogP contribution in [0.3, 0.4) is 0 Å². The van der Waals surface area contributed by atoms with Crippen molar-refractivity contribution in [3.8, 4) is 0 Å². The third-order valence-corrected chi connectivity index (χ3v) is 4.32. The minimum absolute atomic E-state index is 0.0576. The predicted octanol–water partition coefficient (Wildman–Crippen LogP) is 2.04. The molecule has 6 heteroatoms. The highest BCUT2D eigenvalue weighted by atomic mass is 16.6. The number of amides is 2. The van der Waals surface area contributed by atoms with E-state index in [1.54, 1.807) is 9.80 Å². The molecule has 1 saturated heterocycles. The van der Waals surface area contributed by atoms with Gasteiger partial charge in [-0.3, -0.25) is 4.79 Å². The number of fused-ring (bicyclic) bond motifs is 1. The van der Waals surface area contributed by atoms with Crippen LogP contribution in [0.25, 0.3) is 0 Å². The van der Waals surface area contributed by atoms with Crippen molar-refractivity contribution < 1.29 is 14.3 Å². The second-order valence-corrected chi connectivity index (χ2v) is 7.57. The highest BCUT2D eigenvalue weighted by Gasteiger charge is 2.30. The fourth-order valence-corrected chi connectivity index (χ4v) is 3.18. The zero-order valence-electron chi connectivity index (χ0n) is 14.5. The topological polar surface area (TPSA) is 75.9 Å². The molecule has 2 heterocycles. The monoisotopic (exact) mass is 331 g/mol. The Morgan fingerprint density at radius 3 is 2.67 bits per heavy atom. The van der Waals surface area contributed by atoms with Crippen molar-refractivity contribution in [3.63, 3.8) is 0 Å². The normalized spacial score (nSPS) is 21.0. The van der Waals surface area contributed by atoms with Crippen LogP contribution in [0.4, 0.5) is 10.5 Å². The number of hydrogen-bond donors (Lipinski definition) is 1. The van der Waals surface area contributed by atoms with E-state index in [2.05, 4.69) is 0 Å². The molecule has 1 aromatic carbocycles. The number of nitrogens with zero attached hydrogens (tertiary/aromatic N) is 2. The first kappa shape index (κ1) is 16.8. The molecule has 0 saturated carbocycles. The van der Waals surface area contributed by atoms with E-state index in [1.807, 2.05) is 39.0 Å².